The number of nitrogens with zero attached hydrogens (tertiary/aromatic N) is 1. The zero-order valence-corrected chi connectivity index (χ0v) is 20.3. The first-order chi connectivity index (χ1) is 18.0. The molecular formula is C26H32N6O5. The Kier molecular flexibility index (Phi) is 11.0. The van der Waals surface area contributed by atoms with Crippen molar-refractivity contribution in [3.63, 3.8) is 0 Å². The van der Waals surface area contributed by atoms with Gasteiger partial charge in [-0.1, -0.05) is 72.8 Å². The summed E-state index contributed by atoms with van der Waals surface area (Å²) in [6.07, 6.45) is 0. The molecule has 4 amide bonds. The first-order valence-electron chi connectivity index (χ1n) is 11.7. The molecule has 3 rings (SSSR count). The van der Waals surface area contributed by atoms with Gasteiger partial charge in [-0.2, -0.15) is 0 Å². The van der Waals surface area contributed by atoms with Gasteiger partial charge < -0.3 is 26.3 Å². The fraction of sp³-hybridized carbons (Fsp3) is 0.231. The van der Waals surface area contributed by atoms with Crippen molar-refractivity contribution in [1.82, 2.24) is 32.0 Å². The average molecular weight is 509 g/mol. The van der Waals surface area contributed by atoms with Gasteiger partial charge in [-0.05, 0) is 33.4 Å². The highest BCUT2D eigenvalue weighted by Crippen LogP contribution is 2.11. The highest BCUT2D eigenvalue weighted by atomic mass is 16.5. The molecule has 0 aromatic heterocycles. The molecule has 0 fully saturated rings. The Morgan fingerprint density at radius 1 is 0.541 bits per heavy atom. The maximum Gasteiger partial charge on any atom is 0.326 e. The summed E-state index contributed by atoms with van der Waals surface area (Å²) in [5.74, 6) is 0. The molecule has 11 heteroatoms. The maximum absolute atomic E-state index is 13.1. The smallest absolute Gasteiger partial charge is 0.326 e. The Hall–Kier alpha value is -3.84. The third-order valence-electron chi connectivity index (χ3n) is 5.54. The summed E-state index contributed by atoms with van der Waals surface area (Å²) in [4.78, 5) is 27.4. The number of nitrogens with one attached hydrogen (secondary N) is 5. The van der Waals surface area contributed by atoms with Crippen molar-refractivity contribution < 1.29 is 25.2 Å². The third-order valence-corrected chi connectivity index (χ3v) is 5.54. The summed E-state index contributed by atoms with van der Waals surface area (Å²) in [7, 11) is 0. The van der Waals surface area contributed by atoms with Gasteiger partial charge in [0.2, 0.25) is 0 Å². The molecule has 3 aromatic rings. The lowest BCUT2D eigenvalue weighted by atomic mass is 10.1. The van der Waals surface area contributed by atoms with E-state index in [4.69, 9.17) is 15.6 Å². The number of benzene rings is 3. The summed E-state index contributed by atoms with van der Waals surface area (Å²) < 4.78 is 0. The van der Waals surface area contributed by atoms with Crippen LogP contribution in [0.5, 0.6) is 0 Å². The number of hydrogen-bond donors (Lipinski definition) is 8. The van der Waals surface area contributed by atoms with E-state index in [9.17, 15) is 9.59 Å². The molecule has 0 saturated heterocycles. The van der Waals surface area contributed by atoms with E-state index >= 15 is 0 Å². The Balaban J connectivity index is 1.72. The van der Waals surface area contributed by atoms with Gasteiger partial charge in [-0.25, -0.2) is 30.9 Å². The number of carbonyl (C=O) groups excluding carboxylic acids is 2. The van der Waals surface area contributed by atoms with Gasteiger partial charge >= 0.3 is 12.1 Å². The number of urea groups is 2. The normalized spacial score (nSPS) is 10.7. The van der Waals surface area contributed by atoms with Crippen LogP contribution in [-0.4, -0.2) is 32.6 Å². The summed E-state index contributed by atoms with van der Waals surface area (Å²) in [5, 5.41) is 32.4. The SMILES string of the molecule is O=C(NCc1cccc(CNO)c1)N(Cc1cccc(CNO)c1)C(=O)NCc1cccc(CNO)c1. The van der Waals surface area contributed by atoms with Gasteiger partial charge in [0.15, 0.2) is 0 Å². The number of hydroxylamine groups is 3. The van der Waals surface area contributed by atoms with Crippen LogP contribution in [0, 0.1) is 0 Å². The van der Waals surface area contributed by atoms with E-state index in [1.54, 1.807) is 18.2 Å². The minimum Gasteiger partial charge on any atom is -0.333 e. The number of imide groups is 1. The van der Waals surface area contributed by atoms with Crippen LogP contribution in [0.15, 0.2) is 72.8 Å². The molecule has 0 unspecified atom stereocenters. The molecular weight excluding hydrogens is 476 g/mol. The lowest BCUT2D eigenvalue weighted by Gasteiger charge is -2.22. The Morgan fingerprint density at radius 3 is 1.24 bits per heavy atom. The molecule has 0 saturated carbocycles. The first kappa shape index (κ1) is 27.7. The minimum atomic E-state index is -0.577. The molecule has 0 aliphatic heterocycles. The highest BCUT2D eigenvalue weighted by Gasteiger charge is 2.22. The Bertz CT molecular complexity index is 1110. The summed E-state index contributed by atoms with van der Waals surface area (Å²) in [5.41, 5.74) is 11.1. The van der Waals surface area contributed by atoms with Crippen molar-refractivity contribution in [3.05, 3.63) is 106 Å². The van der Waals surface area contributed by atoms with E-state index in [2.05, 4.69) is 27.1 Å². The van der Waals surface area contributed by atoms with Crippen molar-refractivity contribution >= 4 is 12.1 Å². The zero-order valence-electron chi connectivity index (χ0n) is 20.3. The zero-order chi connectivity index (χ0) is 26.5. The molecule has 0 radical (unpaired) electrons. The lowest BCUT2D eigenvalue weighted by Crippen LogP contribution is -2.47. The van der Waals surface area contributed by atoms with E-state index in [-0.39, 0.29) is 39.3 Å². The average Bonchev–Trinajstić information content (AvgIpc) is 2.90. The number of carbonyl (C=O) groups is 2. The highest BCUT2D eigenvalue weighted by molar-refractivity contribution is 5.93. The topological polar surface area (TPSA) is 158 Å². The monoisotopic (exact) mass is 508 g/mol. The van der Waals surface area contributed by atoms with Crippen LogP contribution in [0.1, 0.15) is 33.4 Å². The Morgan fingerprint density at radius 2 is 0.865 bits per heavy atom. The van der Waals surface area contributed by atoms with Gasteiger partial charge in [-0.15, -0.1) is 0 Å². The van der Waals surface area contributed by atoms with Crippen molar-refractivity contribution in [3.8, 4) is 0 Å². The molecule has 0 aliphatic rings. The van der Waals surface area contributed by atoms with Gasteiger partial charge in [0.25, 0.3) is 0 Å². The second kappa shape index (κ2) is 14.7. The van der Waals surface area contributed by atoms with E-state index in [0.717, 1.165) is 32.7 Å². The predicted octanol–water partition coefficient (Wildman–Crippen LogP) is 2.74. The fourth-order valence-corrected chi connectivity index (χ4v) is 3.78. The largest absolute Gasteiger partial charge is 0.333 e. The van der Waals surface area contributed by atoms with Crippen LogP contribution >= 0.6 is 0 Å². The first-order valence-corrected chi connectivity index (χ1v) is 11.7. The van der Waals surface area contributed by atoms with E-state index in [0.29, 0.717) is 5.56 Å². The second-order valence-electron chi connectivity index (χ2n) is 8.37. The Labute approximate surface area is 215 Å². The fourth-order valence-electron chi connectivity index (χ4n) is 3.78. The van der Waals surface area contributed by atoms with Crippen LogP contribution in [0.25, 0.3) is 0 Å². The predicted molar refractivity (Wildman–Crippen MR) is 135 cm³/mol. The molecule has 0 bridgehead atoms. The molecule has 0 aliphatic carbocycles. The van der Waals surface area contributed by atoms with Gasteiger partial charge in [0.05, 0.1) is 6.54 Å². The molecule has 0 heterocycles. The number of hydrogen-bond acceptors (Lipinski definition) is 8. The molecule has 11 nitrogen and oxygen atoms in total. The van der Waals surface area contributed by atoms with Crippen LogP contribution in [0.2, 0.25) is 0 Å². The lowest BCUT2D eigenvalue weighted by molar-refractivity contribution is 0.161. The number of rotatable bonds is 12. The quantitative estimate of drug-likeness (QED) is 0.174. The van der Waals surface area contributed by atoms with E-state index in [1.165, 1.54) is 0 Å². The van der Waals surface area contributed by atoms with Crippen LogP contribution in [0.3, 0.4) is 0 Å². The second-order valence-corrected chi connectivity index (χ2v) is 8.37. The standard InChI is InChI=1S/C26H32N6O5/c33-25(27-13-19-4-1-6-21(10-19)15-29-35)32(18-24-9-3-8-23(12-24)17-31-37)26(34)28-14-20-5-2-7-22(11-20)16-30-36/h1-12,29-31,35-37H,13-18H2,(H,27,33)(H,28,34). The minimum absolute atomic E-state index is 0.0138. The van der Waals surface area contributed by atoms with Crippen molar-refractivity contribution in [2.75, 3.05) is 0 Å². The molecule has 3 aromatic carbocycles. The van der Waals surface area contributed by atoms with Crippen LogP contribution < -0.4 is 27.1 Å². The molecule has 8 N–H and O–H groups in total. The van der Waals surface area contributed by atoms with E-state index in [1.807, 2.05) is 54.6 Å². The van der Waals surface area contributed by atoms with E-state index < -0.39 is 12.1 Å². The molecule has 37 heavy (non-hydrogen) atoms. The van der Waals surface area contributed by atoms with Crippen molar-refractivity contribution in [2.24, 2.45) is 0 Å². The maximum atomic E-state index is 13.1. The molecule has 0 spiro atoms. The van der Waals surface area contributed by atoms with Gasteiger partial charge in [0.1, 0.15) is 0 Å². The third kappa shape index (κ3) is 8.95. The summed E-state index contributed by atoms with van der Waals surface area (Å²) >= 11 is 0. The van der Waals surface area contributed by atoms with Crippen LogP contribution in [-0.2, 0) is 39.3 Å². The van der Waals surface area contributed by atoms with Gasteiger partial charge in [0, 0.05) is 32.7 Å². The summed E-state index contributed by atoms with van der Waals surface area (Å²) in [6, 6.07) is 20.7. The molecule has 0 atom stereocenters. The molecule has 196 valence electrons. The summed E-state index contributed by atoms with van der Waals surface area (Å²) in [6.45, 7) is 1.15. The van der Waals surface area contributed by atoms with Crippen molar-refractivity contribution in [2.45, 2.75) is 39.3 Å². The number of amides is 4. The van der Waals surface area contributed by atoms with Crippen LogP contribution in [0.4, 0.5) is 9.59 Å². The van der Waals surface area contributed by atoms with Gasteiger partial charge in [-0.3, -0.25) is 0 Å². The van der Waals surface area contributed by atoms with Crippen molar-refractivity contribution in [1.29, 1.82) is 0 Å².